The summed E-state index contributed by atoms with van der Waals surface area (Å²) < 4.78 is 11.5. The Labute approximate surface area is 164 Å². The zero-order valence-corrected chi connectivity index (χ0v) is 16.7. The molecule has 3 atom stereocenters. The van der Waals surface area contributed by atoms with Crippen molar-refractivity contribution < 1.29 is 14.6 Å². The minimum absolute atomic E-state index is 0.277. The molecule has 0 amide bonds. The highest BCUT2D eigenvalue weighted by Gasteiger charge is 2.32. The maximum atomic E-state index is 10.5. The Bertz CT molecular complexity index is 648. The highest BCUT2D eigenvalue weighted by molar-refractivity contribution is 9.12. The smallest absolute Gasteiger partial charge is 0.118 e. The summed E-state index contributed by atoms with van der Waals surface area (Å²) >= 11 is 3.14. The second-order valence-electron chi connectivity index (χ2n) is 6.58. The van der Waals surface area contributed by atoms with Crippen LogP contribution in [0.15, 0.2) is 47.0 Å². The maximum Gasteiger partial charge on any atom is 0.118 e. The Kier molecular flexibility index (Phi) is 8.90. The SMILES string of the molecule is COc1ccc(COC[C@@H]2CCC[C@H]2[C@@H](O)C/C=C/C=C(/Br)C#N)cc1. The molecule has 0 saturated heterocycles. The van der Waals surface area contributed by atoms with Gasteiger partial charge >= 0.3 is 0 Å². The van der Waals surface area contributed by atoms with Gasteiger partial charge in [0.2, 0.25) is 0 Å². The fourth-order valence-electron chi connectivity index (χ4n) is 3.41. The van der Waals surface area contributed by atoms with Gasteiger partial charge < -0.3 is 14.6 Å². The summed E-state index contributed by atoms with van der Waals surface area (Å²) in [6.45, 7) is 1.26. The van der Waals surface area contributed by atoms with Crippen molar-refractivity contribution in [3.8, 4) is 11.8 Å². The molecule has 0 heterocycles. The van der Waals surface area contributed by atoms with Crippen LogP contribution >= 0.6 is 15.9 Å². The van der Waals surface area contributed by atoms with Gasteiger partial charge in [0.1, 0.15) is 11.8 Å². The predicted molar refractivity (Wildman–Crippen MR) is 106 cm³/mol. The Morgan fingerprint density at radius 2 is 2.15 bits per heavy atom. The van der Waals surface area contributed by atoms with Crippen molar-refractivity contribution in [1.82, 2.24) is 0 Å². The Balaban J connectivity index is 1.76. The molecule has 0 radical (unpaired) electrons. The zero-order valence-electron chi connectivity index (χ0n) is 15.1. The van der Waals surface area contributed by atoms with Crippen molar-refractivity contribution in [3.63, 3.8) is 0 Å². The molecule has 2 rings (SSSR count). The number of halogens is 1. The lowest BCUT2D eigenvalue weighted by Gasteiger charge is -2.24. The fourth-order valence-corrected chi connectivity index (χ4v) is 3.56. The van der Waals surface area contributed by atoms with E-state index in [9.17, 15) is 5.11 Å². The molecule has 4 nitrogen and oxygen atoms in total. The van der Waals surface area contributed by atoms with Gasteiger partial charge in [-0.15, -0.1) is 0 Å². The van der Waals surface area contributed by atoms with Gasteiger partial charge in [-0.05, 0) is 70.8 Å². The number of nitrogens with zero attached hydrogens (tertiary/aromatic N) is 1. The van der Waals surface area contributed by atoms with Crippen LogP contribution < -0.4 is 4.74 Å². The molecular formula is C21H26BrNO3. The van der Waals surface area contributed by atoms with E-state index in [1.807, 2.05) is 36.4 Å². The molecule has 1 fully saturated rings. The van der Waals surface area contributed by atoms with Crippen LogP contribution in [0.2, 0.25) is 0 Å². The highest BCUT2D eigenvalue weighted by Crippen LogP contribution is 2.35. The number of ether oxygens (including phenoxy) is 2. The van der Waals surface area contributed by atoms with Crippen molar-refractivity contribution in [2.75, 3.05) is 13.7 Å². The molecular weight excluding hydrogens is 394 g/mol. The van der Waals surface area contributed by atoms with Crippen LogP contribution in [-0.2, 0) is 11.3 Å². The van der Waals surface area contributed by atoms with Gasteiger partial charge in [-0.1, -0.05) is 30.7 Å². The number of hydrogen-bond acceptors (Lipinski definition) is 4. The van der Waals surface area contributed by atoms with Gasteiger partial charge in [0.25, 0.3) is 0 Å². The Morgan fingerprint density at radius 1 is 1.38 bits per heavy atom. The average Bonchev–Trinajstić information content (AvgIpc) is 3.14. The van der Waals surface area contributed by atoms with E-state index in [2.05, 4.69) is 15.9 Å². The molecule has 1 aliphatic carbocycles. The Morgan fingerprint density at radius 3 is 2.85 bits per heavy atom. The van der Waals surface area contributed by atoms with Crippen molar-refractivity contribution in [2.24, 2.45) is 11.8 Å². The predicted octanol–water partition coefficient (Wildman–Crippen LogP) is 4.74. The van der Waals surface area contributed by atoms with Crippen LogP contribution in [0, 0.1) is 23.2 Å². The van der Waals surface area contributed by atoms with Crippen LogP contribution in [0.5, 0.6) is 5.75 Å². The molecule has 1 saturated carbocycles. The number of rotatable bonds is 9. The minimum atomic E-state index is -0.363. The number of aliphatic hydroxyl groups excluding tert-OH is 1. The summed E-state index contributed by atoms with van der Waals surface area (Å²) in [4.78, 5) is 0. The third kappa shape index (κ3) is 6.60. The number of aliphatic hydroxyl groups is 1. The summed E-state index contributed by atoms with van der Waals surface area (Å²) in [6.07, 6.45) is 8.94. The topological polar surface area (TPSA) is 62.5 Å². The number of hydrogen-bond donors (Lipinski definition) is 1. The van der Waals surface area contributed by atoms with Crippen LogP contribution in [-0.4, -0.2) is 24.9 Å². The number of methoxy groups -OCH3 is 1. The molecule has 0 spiro atoms. The average molecular weight is 420 g/mol. The van der Waals surface area contributed by atoms with Crippen molar-refractivity contribution in [3.05, 3.63) is 52.5 Å². The molecule has 26 heavy (non-hydrogen) atoms. The Hall–Kier alpha value is -1.61. The highest BCUT2D eigenvalue weighted by atomic mass is 79.9. The van der Waals surface area contributed by atoms with Crippen LogP contribution in [0.3, 0.4) is 0 Å². The molecule has 0 unspecified atom stereocenters. The number of benzene rings is 1. The standard InChI is InChI=1S/C21H26BrNO3/c1-25-19-11-9-16(10-12-19)14-26-15-17-5-4-7-20(17)21(24)8-3-2-6-18(22)13-23/h2-3,6,9-12,17,20-21,24H,4-5,7-8,14-15H2,1H3/b3-2+,18-6+/t17-,20+,21-/m0/s1. The van der Waals surface area contributed by atoms with Crippen LogP contribution in [0.1, 0.15) is 31.2 Å². The maximum absolute atomic E-state index is 10.5. The number of nitriles is 1. The first-order valence-corrected chi connectivity index (χ1v) is 9.74. The van der Waals surface area contributed by atoms with E-state index >= 15 is 0 Å². The molecule has 0 bridgehead atoms. The summed E-state index contributed by atoms with van der Waals surface area (Å²) in [7, 11) is 1.66. The third-order valence-corrected chi connectivity index (χ3v) is 5.28. The largest absolute Gasteiger partial charge is 0.497 e. The first kappa shape index (κ1) is 20.7. The van der Waals surface area contributed by atoms with Crippen LogP contribution in [0.25, 0.3) is 0 Å². The molecule has 1 aromatic carbocycles. The lowest BCUT2D eigenvalue weighted by molar-refractivity contribution is 0.0301. The molecule has 1 N–H and O–H groups in total. The zero-order chi connectivity index (χ0) is 18.8. The minimum Gasteiger partial charge on any atom is -0.497 e. The molecule has 1 aromatic rings. The first-order valence-electron chi connectivity index (χ1n) is 8.95. The van der Waals surface area contributed by atoms with Crippen molar-refractivity contribution >= 4 is 15.9 Å². The summed E-state index contributed by atoms with van der Waals surface area (Å²) in [5, 5.41) is 19.2. The fraction of sp³-hybridized carbons (Fsp3) is 0.476. The molecule has 1 aliphatic rings. The van der Waals surface area contributed by atoms with E-state index in [0.717, 1.165) is 30.6 Å². The van der Waals surface area contributed by atoms with Crippen molar-refractivity contribution in [1.29, 1.82) is 5.26 Å². The summed E-state index contributed by atoms with van der Waals surface area (Å²) in [5.41, 5.74) is 1.12. The van der Waals surface area contributed by atoms with Crippen LogP contribution in [0.4, 0.5) is 0 Å². The van der Waals surface area contributed by atoms with Gasteiger partial charge in [-0.25, -0.2) is 0 Å². The van der Waals surface area contributed by atoms with Gasteiger partial charge in [0.05, 0.1) is 30.9 Å². The second-order valence-corrected chi connectivity index (χ2v) is 7.43. The van der Waals surface area contributed by atoms with Gasteiger partial charge in [0, 0.05) is 0 Å². The number of allylic oxidation sites excluding steroid dienone is 3. The van der Waals surface area contributed by atoms with E-state index in [-0.39, 0.29) is 12.0 Å². The lowest BCUT2D eigenvalue weighted by atomic mass is 9.89. The van der Waals surface area contributed by atoms with Gasteiger partial charge in [0.15, 0.2) is 0 Å². The molecule has 0 aromatic heterocycles. The van der Waals surface area contributed by atoms with E-state index in [1.165, 1.54) is 0 Å². The van der Waals surface area contributed by atoms with Gasteiger partial charge in [-0.3, -0.25) is 0 Å². The third-order valence-electron chi connectivity index (χ3n) is 4.83. The summed E-state index contributed by atoms with van der Waals surface area (Å²) in [5.74, 6) is 1.52. The summed E-state index contributed by atoms with van der Waals surface area (Å²) in [6, 6.07) is 9.90. The quantitative estimate of drug-likeness (QED) is 0.463. The molecule has 0 aliphatic heterocycles. The normalized spacial score (nSPS) is 21.7. The molecule has 5 heteroatoms. The van der Waals surface area contributed by atoms with Gasteiger partial charge in [-0.2, -0.15) is 5.26 Å². The second kappa shape index (κ2) is 11.2. The first-order chi connectivity index (χ1) is 12.6. The van der Waals surface area contributed by atoms with E-state index in [1.54, 1.807) is 19.3 Å². The van der Waals surface area contributed by atoms with E-state index < -0.39 is 0 Å². The van der Waals surface area contributed by atoms with E-state index in [4.69, 9.17) is 14.7 Å². The lowest BCUT2D eigenvalue weighted by Crippen LogP contribution is -2.26. The molecule has 140 valence electrons. The van der Waals surface area contributed by atoms with Crippen molar-refractivity contribution in [2.45, 2.75) is 38.4 Å². The monoisotopic (exact) mass is 419 g/mol. The van der Waals surface area contributed by atoms with E-state index in [0.29, 0.717) is 30.0 Å².